The first-order chi connectivity index (χ1) is 15.3. The molecule has 32 heavy (non-hydrogen) atoms. The molecule has 3 rings (SSSR count). The number of carbonyl (C=O) groups is 2. The van der Waals surface area contributed by atoms with E-state index in [4.69, 9.17) is 14.2 Å². The third-order valence-corrected chi connectivity index (χ3v) is 5.37. The van der Waals surface area contributed by atoms with Crippen molar-refractivity contribution in [3.63, 3.8) is 0 Å². The maximum absolute atomic E-state index is 13.0. The molecule has 0 aromatic heterocycles. The number of rotatable bonds is 6. The van der Waals surface area contributed by atoms with E-state index >= 15 is 0 Å². The zero-order valence-corrected chi connectivity index (χ0v) is 18.1. The Morgan fingerprint density at radius 1 is 0.750 bits per heavy atom. The summed E-state index contributed by atoms with van der Waals surface area (Å²) in [5, 5.41) is 29.5. The van der Waals surface area contributed by atoms with Gasteiger partial charge < -0.3 is 39.3 Å². The van der Waals surface area contributed by atoms with Crippen LogP contribution in [-0.2, 0) is 6.61 Å². The number of methoxy groups -OCH3 is 3. The van der Waals surface area contributed by atoms with Crippen LogP contribution in [0.15, 0.2) is 24.3 Å². The Bertz CT molecular complexity index is 883. The van der Waals surface area contributed by atoms with Gasteiger partial charge >= 0.3 is 0 Å². The topological polar surface area (TPSA) is 129 Å². The minimum Gasteiger partial charge on any atom is -0.504 e. The van der Waals surface area contributed by atoms with E-state index in [0.29, 0.717) is 31.7 Å². The predicted molar refractivity (Wildman–Crippen MR) is 114 cm³/mol. The van der Waals surface area contributed by atoms with E-state index in [-0.39, 0.29) is 51.7 Å². The van der Waals surface area contributed by atoms with Crippen molar-refractivity contribution in [3.8, 4) is 28.7 Å². The molecular weight excluding hydrogens is 420 g/mol. The quantitative estimate of drug-likeness (QED) is 0.604. The van der Waals surface area contributed by atoms with Crippen LogP contribution < -0.4 is 14.2 Å². The number of phenolic OH excluding ortho intramolecular Hbond substituents is 1. The molecule has 1 heterocycles. The van der Waals surface area contributed by atoms with Gasteiger partial charge in [-0.1, -0.05) is 0 Å². The van der Waals surface area contributed by atoms with E-state index in [1.807, 2.05) is 0 Å². The van der Waals surface area contributed by atoms with Crippen molar-refractivity contribution in [2.75, 3.05) is 47.5 Å². The van der Waals surface area contributed by atoms with Crippen LogP contribution in [0.2, 0.25) is 0 Å². The molecule has 1 fully saturated rings. The Kier molecular flexibility index (Phi) is 6.94. The van der Waals surface area contributed by atoms with Crippen molar-refractivity contribution >= 4 is 11.8 Å². The van der Waals surface area contributed by atoms with Crippen molar-refractivity contribution < 1.29 is 39.1 Å². The van der Waals surface area contributed by atoms with Gasteiger partial charge in [0.15, 0.2) is 23.0 Å². The van der Waals surface area contributed by atoms with Crippen LogP contribution in [0.3, 0.4) is 0 Å². The number of benzene rings is 2. The maximum atomic E-state index is 13.0. The van der Waals surface area contributed by atoms with Gasteiger partial charge in [0.2, 0.25) is 5.75 Å². The summed E-state index contributed by atoms with van der Waals surface area (Å²) in [5.74, 6) is -0.607. The molecule has 1 aliphatic rings. The van der Waals surface area contributed by atoms with Crippen LogP contribution in [0, 0.1) is 0 Å². The minimum atomic E-state index is -0.439. The Morgan fingerprint density at radius 2 is 1.12 bits per heavy atom. The Labute approximate surface area is 185 Å². The third-order valence-electron chi connectivity index (χ3n) is 5.37. The number of hydrogen-bond acceptors (Lipinski definition) is 8. The molecular formula is C22H26N2O8. The summed E-state index contributed by atoms with van der Waals surface area (Å²) < 4.78 is 15.3. The fraction of sp³-hybridized carbons (Fsp3) is 0.364. The highest BCUT2D eigenvalue weighted by Gasteiger charge is 2.28. The summed E-state index contributed by atoms with van der Waals surface area (Å²) in [6, 6.07) is 5.73. The number of amides is 2. The molecule has 1 saturated heterocycles. The average Bonchev–Trinajstić information content (AvgIpc) is 2.83. The van der Waals surface area contributed by atoms with E-state index in [1.54, 1.807) is 9.80 Å². The van der Waals surface area contributed by atoms with Crippen molar-refractivity contribution in [1.29, 1.82) is 0 Å². The molecule has 0 unspecified atom stereocenters. The molecule has 0 spiro atoms. The predicted octanol–water partition coefficient (Wildman–Crippen LogP) is 1.21. The number of ether oxygens (including phenoxy) is 3. The lowest BCUT2D eigenvalue weighted by Crippen LogP contribution is -2.50. The Morgan fingerprint density at radius 3 is 1.50 bits per heavy atom. The summed E-state index contributed by atoms with van der Waals surface area (Å²) in [4.78, 5) is 29.1. The largest absolute Gasteiger partial charge is 0.504 e. The van der Waals surface area contributed by atoms with E-state index in [1.165, 1.54) is 45.6 Å². The lowest BCUT2D eigenvalue weighted by atomic mass is 10.1. The van der Waals surface area contributed by atoms with Crippen LogP contribution in [0.1, 0.15) is 26.3 Å². The second-order valence-electron chi connectivity index (χ2n) is 7.16. The van der Waals surface area contributed by atoms with E-state index in [2.05, 4.69) is 0 Å². The van der Waals surface area contributed by atoms with Gasteiger partial charge in [0.05, 0.1) is 27.9 Å². The minimum absolute atomic E-state index is 0.101. The second-order valence-corrected chi connectivity index (χ2v) is 7.16. The fourth-order valence-corrected chi connectivity index (χ4v) is 3.56. The van der Waals surface area contributed by atoms with Gasteiger partial charge in [0, 0.05) is 42.9 Å². The number of nitrogens with zero attached hydrogens (tertiary/aromatic N) is 2. The van der Waals surface area contributed by atoms with Gasteiger partial charge in [-0.25, -0.2) is 0 Å². The molecule has 2 aromatic rings. The number of phenols is 2. The summed E-state index contributed by atoms with van der Waals surface area (Å²) in [6.07, 6.45) is 0. The number of carbonyl (C=O) groups excluding carboxylic acids is 2. The molecule has 0 bridgehead atoms. The van der Waals surface area contributed by atoms with Crippen molar-refractivity contribution in [3.05, 3.63) is 41.0 Å². The van der Waals surface area contributed by atoms with Crippen LogP contribution in [0.4, 0.5) is 0 Å². The van der Waals surface area contributed by atoms with Gasteiger partial charge in [-0.05, 0) is 24.3 Å². The molecule has 10 heteroatoms. The highest BCUT2D eigenvalue weighted by atomic mass is 16.5. The monoisotopic (exact) mass is 446 g/mol. The second kappa shape index (κ2) is 9.65. The molecule has 3 N–H and O–H groups in total. The van der Waals surface area contributed by atoms with Gasteiger partial charge in [0.1, 0.15) is 0 Å². The smallest absolute Gasteiger partial charge is 0.254 e. The van der Waals surface area contributed by atoms with Crippen LogP contribution in [-0.4, -0.2) is 84.4 Å². The highest BCUT2D eigenvalue weighted by Crippen LogP contribution is 2.37. The molecule has 2 aromatic carbocycles. The van der Waals surface area contributed by atoms with Crippen molar-refractivity contribution in [1.82, 2.24) is 9.80 Å². The summed E-state index contributed by atoms with van der Waals surface area (Å²) >= 11 is 0. The first-order valence-electron chi connectivity index (χ1n) is 9.88. The van der Waals surface area contributed by atoms with Crippen LogP contribution in [0.5, 0.6) is 28.7 Å². The molecule has 1 aliphatic heterocycles. The molecule has 10 nitrogen and oxygen atoms in total. The summed E-state index contributed by atoms with van der Waals surface area (Å²) in [6.45, 7) is 0.768. The normalized spacial score (nSPS) is 13.6. The van der Waals surface area contributed by atoms with E-state index in [0.717, 1.165) is 0 Å². The molecule has 172 valence electrons. The molecule has 0 saturated carbocycles. The standard InChI is InChI=1S/C22H26N2O8/c1-30-16-9-13(8-15(12-25)19(16)26)21(28)23-4-6-24(7-5-23)22(29)14-10-17(31-2)20(27)18(11-14)32-3/h8-11,25-27H,4-7,12H2,1-3H3. The van der Waals surface area contributed by atoms with Crippen molar-refractivity contribution in [2.24, 2.45) is 0 Å². The Balaban J connectivity index is 1.73. The summed E-state index contributed by atoms with van der Waals surface area (Å²) in [7, 11) is 4.13. The number of piperazine rings is 1. The first kappa shape index (κ1) is 23.0. The number of aliphatic hydroxyl groups excluding tert-OH is 1. The molecule has 0 radical (unpaired) electrons. The lowest BCUT2D eigenvalue weighted by molar-refractivity contribution is 0.0535. The molecule has 0 atom stereocenters. The number of aliphatic hydroxyl groups is 1. The zero-order valence-electron chi connectivity index (χ0n) is 18.1. The molecule has 2 amide bonds. The Hall–Kier alpha value is -3.66. The highest BCUT2D eigenvalue weighted by molar-refractivity contribution is 5.97. The van der Waals surface area contributed by atoms with E-state index in [9.17, 15) is 24.9 Å². The molecule has 0 aliphatic carbocycles. The van der Waals surface area contributed by atoms with Crippen LogP contribution in [0.25, 0.3) is 0 Å². The SMILES string of the molecule is COc1cc(C(=O)N2CCN(C(=O)c3cc(OC)c(O)c(OC)c3)CC2)cc(CO)c1O. The zero-order chi connectivity index (χ0) is 23.4. The van der Waals surface area contributed by atoms with Gasteiger partial charge in [-0.2, -0.15) is 0 Å². The fourth-order valence-electron chi connectivity index (χ4n) is 3.56. The average molecular weight is 446 g/mol. The van der Waals surface area contributed by atoms with Gasteiger partial charge in [0.25, 0.3) is 11.8 Å². The van der Waals surface area contributed by atoms with E-state index < -0.39 is 6.61 Å². The maximum Gasteiger partial charge on any atom is 0.254 e. The third kappa shape index (κ3) is 4.35. The lowest BCUT2D eigenvalue weighted by Gasteiger charge is -2.35. The van der Waals surface area contributed by atoms with Gasteiger partial charge in [-0.3, -0.25) is 9.59 Å². The van der Waals surface area contributed by atoms with Crippen LogP contribution >= 0.6 is 0 Å². The van der Waals surface area contributed by atoms with Gasteiger partial charge in [-0.15, -0.1) is 0 Å². The number of hydrogen-bond donors (Lipinski definition) is 3. The number of aromatic hydroxyl groups is 2. The summed E-state index contributed by atoms with van der Waals surface area (Å²) in [5.41, 5.74) is 0.764. The van der Waals surface area contributed by atoms with Crippen molar-refractivity contribution in [2.45, 2.75) is 6.61 Å². The first-order valence-corrected chi connectivity index (χ1v) is 9.88.